The van der Waals surface area contributed by atoms with Gasteiger partial charge in [0.1, 0.15) is 5.58 Å². The van der Waals surface area contributed by atoms with Crippen LogP contribution in [0.15, 0.2) is 27.4 Å². The van der Waals surface area contributed by atoms with Gasteiger partial charge in [-0.05, 0) is 69.2 Å². The molecule has 24 heavy (non-hydrogen) atoms. The van der Waals surface area contributed by atoms with Crippen LogP contribution in [0, 0.1) is 19.8 Å². The molecule has 1 fully saturated rings. The molecule has 0 unspecified atom stereocenters. The summed E-state index contributed by atoms with van der Waals surface area (Å²) in [5.74, 6) is 0.463. The van der Waals surface area contributed by atoms with Gasteiger partial charge in [-0.15, -0.1) is 0 Å². The average Bonchev–Trinajstić information content (AvgIpc) is 2.58. The molecule has 0 spiro atoms. The van der Waals surface area contributed by atoms with Gasteiger partial charge in [-0.1, -0.05) is 12.1 Å². The van der Waals surface area contributed by atoms with E-state index in [0.717, 1.165) is 59.9 Å². The molecule has 4 heteroatoms. The summed E-state index contributed by atoms with van der Waals surface area (Å²) in [4.78, 5) is 14.3. The molecule has 1 N–H and O–H groups in total. The van der Waals surface area contributed by atoms with Crippen molar-refractivity contribution in [2.45, 2.75) is 52.1 Å². The molecule has 0 bridgehead atoms. The average molecular weight is 329 g/mol. The SMILES string of the molecule is Cc1ccc2c(CN(C)C3CCC(CO)CC3)cc(=O)oc2c1C. The van der Waals surface area contributed by atoms with Gasteiger partial charge in [0.25, 0.3) is 0 Å². The Morgan fingerprint density at radius 2 is 1.92 bits per heavy atom. The van der Waals surface area contributed by atoms with Crippen molar-refractivity contribution in [3.63, 3.8) is 0 Å². The van der Waals surface area contributed by atoms with E-state index in [1.165, 1.54) is 0 Å². The maximum Gasteiger partial charge on any atom is 0.336 e. The number of nitrogens with zero attached hydrogens (tertiary/aromatic N) is 1. The maximum absolute atomic E-state index is 12.0. The molecule has 0 atom stereocenters. The van der Waals surface area contributed by atoms with Crippen LogP contribution in [0.1, 0.15) is 42.4 Å². The van der Waals surface area contributed by atoms with Gasteiger partial charge in [0.2, 0.25) is 0 Å². The maximum atomic E-state index is 12.0. The van der Waals surface area contributed by atoms with Crippen molar-refractivity contribution in [1.82, 2.24) is 4.90 Å². The molecular formula is C20H27NO3. The van der Waals surface area contributed by atoms with E-state index >= 15 is 0 Å². The summed E-state index contributed by atoms with van der Waals surface area (Å²) in [6, 6.07) is 6.30. The lowest BCUT2D eigenvalue weighted by molar-refractivity contribution is 0.124. The number of rotatable bonds is 4. The van der Waals surface area contributed by atoms with Crippen LogP contribution in [-0.2, 0) is 6.54 Å². The third kappa shape index (κ3) is 3.40. The first kappa shape index (κ1) is 17.2. The summed E-state index contributed by atoms with van der Waals surface area (Å²) in [7, 11) is 2.13. The zero-order chi connectivity index (χ0) is 17.3. The fourth-order valence-corrected chi connectivity index (χ4v) is 3.82. The highest BCUT2D eigenvalue weighted by Gasteiger charge is 2.24. The molecule has 1 aliphatic rings. The van der Waals surface area contributed by atoms with E-state index in [-0.39, 0.29) is 5.63 Å². The summed E-state index contributed by atoms with van der Waals surface area (Å²) in [6.45, 7) is 5.09. The number of hydrogen-bond acceptors (Lipinski definition) is 4. The van der Waals surface area contributed by atoms with Gasteiger partial charge in [0.15, 0.2) is 0 Å². The monoisotopic (exact) mass is 329 g/mol. The predicted molar refractivity (Wildman–Crippen MR) is 96.3 cm³/mol. The van der Waals surface area contributed by atoms with Crippen molar-refractivity contribution < 1.29 is 9.52 Å². The Morgan fingerprint density at radius 3 is 2.58 bits per heavy atom. The van der Waals surface area contributed by atoms with E-state index in [1.807, 2.05) is 13.8 Å². The highest BCUT2D eigenvalue weighted by Crippen LogP contribution is 2.29. The van der Waals surface area contributed by atoms with Crippen molar-refractivity contribution >= 4 is 11.0 Å². The van der Waals surface area contributed by atoms with Crippen LogP contribution in [0.2, 0.25) is 0 Å². The van der Waals surface area contributed by atoms with Crippen LogP contribution in [-0.4, -0.2) is 29.7 Å². The quantitative estimate of drug-likeness (QED) is 0.874. The van der Waals surface area contributed by atoms with Crippen LogP contribution < -0.4 is 5.63 Å². The molecule has 1 saturated carbocycles. The van der Waals surface area contributed by atoms with Gasteiger partial charge in [0, 0.05) is 30.6 Å². The number of aryl methyl sites for hydroxylation is 2. The van der Waals surface area contributed by atoms with Gasteiger partial charge in [-0.3, -0.25) is 4.90 Å². The minimum atomic E-state index is -0.274. The van der Waals surface area contributed by atoms with Crippen LogP contribution in [0.3, 0.4) is 0 Å². The second-order valence-corrected chi connectivity index (χ2v) is 7.25. The predicted octanol–water partition coefficient (Wildman–Crippen LogP) is 3.39. The molecule has 0 radical (unpaired) electrons. The lowest BCUT2D eigenvalue weighted by Crippen LogP contribution is -2.35. The van der Waals surface area contributed by atoms with E-state index in [9.17, 15) is 9.90 Å². The Hall–Kier alpha value is -1.65. The first-order valence-corrected chi connectivity index (χ1v) is 8.83. The van der Waals surface area contributed by atoms with Crippen molar-refractivity contribution in [2.75, 3.05) is 13.7 Å². The summed E-state index contributed by atoms with van der Waals surface area (Å²) < 4.78 is 5.47. The van der Waals surface area contributed by atoms with Gasteiger partial charge in [-0.2, -0.15) is 0 Å². The fourth-order valence-electron chi connectivity index (χ4n) is 3.82. The van der Waals surface area contributed by atoms with Gasteiger partial charge >= 0.3 is 5.63 Å². The zero-order valence-corrected chi connectivity index (χ0v) is 14.8. The number of aliphatic hydroxyl groups excluding tert-OH is 1. The standard InChI is InChI=1S/C20H27NO3/c1-13-4-9-18-16(10-19(23)24-20(18)14(13)2)11-21(3)17-7-5-15(12-22)6-8-17/h4,9-10,15,17,22H,5-8,11-12H2,1-3H3. The lowest BCUT2D eigenvalue weighted by atomic mass is 9.86. The van der Waals surface area contributed by atoms with Crippen LogP contribution in [0.25, 0.3) is 11.0 Å². The van der Waals surface area contributed by atoms with Gasteiger partial charge in [-0.25, -0.2) is 4.79 Å². The minimum Gasteiger partial charge on any atom is -0.422 e. The molecule has 0 aliphatic heterocycles. The van der Waals surface area contributed by atoms with Crippen molar-refractivity contribution in [3.05, 3.63) is 45.3 Å². The number of benzene rings is 1. The molecule has 0 amide bonds. The van der Waals surface area contributed by atoms with E-state index in [1.54, 1.807) is 6.07 Å². The van der Waals surface area contributed by atoms with Crippen LogP contribution in [0.5, 0.6) is 0 Å². The minimum absolute atomic E-state index is 0.274. The summed E-state index contributed by atoms with van der Waals surface area (Å²) in [5, 5.41) is 10.3. The Bertz CT molecular complexity index is 772. The van der Waals surface area contributed by atoms with E-state index < -0.39 is 0 Å². The molecule has 0 saturated heterocycles. The normalized spacial score (nSPS) is 21.5. The number of aliphatic hydroxyl groups is 1. The highest BCUT2D eigenvalue weighted by molar-refractivity contribution is 5.83. The molecule has 4 nitrogen and oxygen atoms in total. The topological polar surface area (TPSA) is 53.7 Å². The summed E-state index contributed by atoms with van der Waals surface area (Å²) in [5.41, 5.74) is 3.66. The summed E-state index contributed by atoms with van der Waals surface area (Å²) >= 11 is 0. The fraction of sp³-hybridized carbons (Fsp3) is 0.550. The van der Waals surface area contributed by atoms with E-state index in [0.29, 0.717) is 18.6 Å². The van der Waals surface area contributed by atoms with Gasteiger partial charge in [0.05, 0.1) is 0 Å². The molecule has 1 aliphatic carbocycles. The summed E-state index contributed by atoms with van der Waals surface area (Å²) in [6.07, 6.45) is 4.39. The van der Waals surface area contributed by atoms with Crippen molar-refractivity contribution in [3.8, 4) is 0 Å². The molecular weight excluding hydrogens is 302 g/mol. The molecule has 130 valence electrons. The Balaban J connectivity index is 1.85. The third-order valence-corrected chi connectivity index (χ3v) is 5.63. The second kappa shape index (κ2) is 7.08. The zero-order valence-electron chi connectivity index (χ0n) is 14.8. The largest absolute Gasteiger partial charge is 0.422 e. The number of hydrogen-bond donors (Lipinski definition) is 1. The molecule has 3 rings (SSSR count). The molecule has 2 aromatic rings. The highest BCUT2D eigenvalue weighted by atomic mass is 16.4. The number of fused-ring (bicyclic) bond motifs is 1. The smallest absolute Gasteiger partial charge is 0.336 e. The first-order valence-electron chi connectivity index (χ1n) is 8.83. The van der Waals surface area contributed by atoms with Crippen LogP contribution >= 0.6 is 0 Å². The lowest BCUT2D eigenvalue weighted by Gasteiger charge is -2.34. The van der Waals surface area contributed by atoms with E-state index in [2.05, 4.69) is 24.1 Å². The van der Waals surface area contributed by atoms with Crippen LogP contribution in [0.4, 0.5) is 0 Å². The Labute approximate surface area is 143 Å². The molecule has 1 aromatic heterocycles. The van der Waals surface area contributed by atoms with Crippen molar-refractivity contribution in [2.24, 2.45) is 5.92 Å². The van der Waals surface area contributed by atoms with Gasteiger partial charge < -0.3 is 9.52 Å². The molecule has 1 aromatic carbocycles. The Kier molecular flexibility index (Phi) is 5.07. The van der Waals surface area contributed by atoms with E-state index in [4.69, 9.17) is 4.42 Å². The van der Waals surface area contributed by atoms with Crippen molar-refractivity contribution in [1.29, 1.82) is 0 Å². The Morgan fingerprint density at radius 1 is 1.21 bits per heavy atom. The first-order chi connectivity index (χ1) is 11.5. The third-order valence-electron chi connectivity index (χ3n) is 5.63. The second-order valence-electron chi connectivity index (χ2n) is 7.25. The molecule has 1 heterocycles.